The van der Waals surface area contributed by atoms with Gasteiger partial charge in [0, 0.05) is 12.8 Å². The number of ketones is 1. The van der Waals surface area contributed by atoms with Crippen LogP contribution in [-0.4, -0.2) is 133 Å². The number of phenols is 1. The van der Waals surface area contributed by atoms with Gasteiger partial charge < -0.3 is 64.5 Å². The van der Waals surface area contributed by atoms with E-state index >= 15 is 0 Å². The molecule has 8 N–H and O–H groups in total. The highest BCUT2D eigenvalue weighted by Gasteiger charge is 2.51. The molecule has 5 rings (SSSR count). The summed E-state index contributed by atoms with van der Waals surface area (Å²) in [5.74, 6) is -1.14. The topological polar surface area (TPSA) is 225 Å². The van der Waals surface area contributed by atoms with Gasteiger partial charge in [0.2, 0.25) is 0 Å². The maximum Gasteiger partial charge on any atom is 0.186 e. The third-order valence-corrected chi connectivity index (χ3v) is 7.92. The molecule has 2 saturated heterocycles. The lowest BCUT2D eigenvalue weighted by Gasteiger charge is -2.44. The van der Waals surface area contributed by atoms with Gasteiger partial charge in [-0.05, 0) is 17.7 Å². The Morgan fingerprint density at radius 2 is 1.70 bits per heavy atom. The molecule has 222 valence electrons. The molecule has 3 aliphatic heterocycles. The van der Waals surface area contributed by atoms with Crippen LogP contribution in [0, 0.1) is 5.92 Å². The van der Waals surface area contributed by atoms with Crippen molar-refractivity contribution < 1.29 is 69.3 Å². The minimum Gasteiger partial charge on any atom is -0.508 e. The predicted molar refractivity (Wildman–Crippen MR) is 130 cm³/mol. The summed E-state index contributed by atoms with van der Waals surface area (Å²) in [6.07, 6.45) is -11.8. The molecule has 12 atom stereocenters. The van der Waals surface area contributed by atoms with Crippen LogP contribution in [0.1, 0.15) is 18.4 Å². The van der Waals surface area contributed by atoms with Crippen molar-refractivity contribution in [2.45, 2.75) is 79.9 Å². The van der Waals surface area contributed by atoms with E-state index in [-0.39, 0.29) is 29.9 Å². The van der Waals surface area contributed by atoms with Crippen LogP contribution < -0.4 is 0 Å². The van der Waals surface area contributed by atoms with Gasteiger partial charge in [-0.25, -0.2) is 0 Å². The molecule has 40 heavy (non-hydrogen) atoms. The lowest BCUT2D eigenvalue weighted by Crippen LogP contribution is -2.61. The van der Waals surface area contributed by atoms with Gasteiger partial charge in [-0.1, -0.05) is 12.1 Å². The number of allylic oxidation sites excluding steroid dienone is 1. The quantitative estimate of drug-likeness (QED) is 0.165. The van der Waals surface area contributed by atoms with E-state index in [1.807, 2.05) is 0 Å². The number of rotatable bonds is 7. The summed E-state index contributed by atoms with van der Waals surface area (Å²) in [5, 5.41) is 81.2. The fourth-order valence-corrected chi connectivity index (χ4v) is 5.49. The average Bonchev–Trinajstić information content (AvgIpc) is 3.22. The third-order valence-electron chi connectivity index (χ3n) is 7.92. The summed E-state index contributed by atoms with van der Waals surface area (Å²) in [6, 6.07) is 6.01. The van der Waals surface area contributed by atoms with Crippen LogP contribution in [0.2, 0.25) is 0 Å². The Morgan fingerprint density at radius 1 is 0.975 bits per heavy atom. The Kier molecular flexibility index (Phi) is 8.48. The number of hydrogen-bond donors (Lipinski definition) is 8. The van der Waals surface area contributed by atoms with Crippen LogP contribution in [0.3, 0.4) is 0 Å². The molecule has 0 aromatic heterocycles. The molecule has 1 aliphatic carbocycles. The third kappa shape index (κ3) is 5.49. The van der Waals surface area contributed by atoms with E-state index in [2.05, 4.69) is 0 Å². The first-order valence-corrected chi connectivity index (χ1v) is 13.0. The van der Waals surface area contributed by atoms with Crippen molar-refractivity contribution in [3.63, 3.8) is 0 Å². The Morgan fingerprint density at radius 3 is 2.38 bits per heavy atom. The highest BCUT2D eigenvalue weighted by Crippen LogP contribution is 2.39. The molecule has 4 aliphatic rings. The van der Waals surface area contributed by atoms with Crippen molar-refractivity contribution >= 4 is 11.4 Å². The Balaban J connectivity index is 1.21. The normalized spacial score (nSPS) is 43.6. The van der Waals surface area contributed by atoms with Crippen LogP contribution in [0.4, 0.5) is 0 Å². The number of aliphatic hydroxyl groups is 7. The van der Waals surface area contributed by atoms with Gasteiger partial charge in [-0.2, -0.15) is 0 Å². The molecule has 0 bridgehead atoms. The number of aliphatic hydroxyl groups excluding tert-OH is 6. The lowest BCUT2D eigenvalue weighted by atomic mass is 9.76. The van der Waals surface area contributed by atoms with Crippen LogP contribution in [-0.2, 0) is 28.5 Å². The first-order chi connectivity index (χ1) is 19.0. The highest BCUT2D eigenvalue weighted by molar-refractivity contribution is 6.22. The van der Waals surface area contributed by atoms with Crippen LogP contribution in [0.15, 0.2) is 30.5 Å². The molecule has 1 aromatic rings. The van der Waals surface area contributed by atoms with E-state index in [1.54, 1.807) is 12.1 Å². The maximum absolute atomic E-state index is 13.2. The molecular weight excluding hydrogens is 536 g/mol. The molecule has 3 fully saturated rings. The van der Waals surface area contributed by atoms with E-state index in [4.69, 9.17) is 23.7 Å². The second-order valence-electron chi connectivity index (χ2n) is 10.7. The molecule has 3 heterocycles. The van der Waals surface area contributed by atoms with E-state index < -0.39 is 92.8 Å². The van der Waals surface area contributed by atoms with Crippen LogP contribution in [0.5, 0.6) is 5.75 Å². The molecule has 0 spiro atoms. The number of hydrogen-bond acceptors (Lipinski definition) is 14. The minimum atomic E-state index is -1.92. The van der Waals surface area contributed by atoms with Gasteiger partial charge in [0.1, 0.15) is 48.0 Å². The standard InChI is InChI=1S/C26H34O14/c27-9-26(35)10-38-25(23(26)34)37-8-17-20(31)21(32)22(33)24(40-17)39-13-5-15(29)18-16(6-13)36-7-14(19(18)30)11-1-3-12(28)4-2-11/h1-4,7,13,15-18,20-25,27-29,31-35H,5-6,8-10H2/t13?,15?,16?,17-,18?,20-,21+,22-,23+,24-,25-,26-/m1/s1. The number of phenolic OH excluding ortho intramolecular Hbond substituents is 1. The van der Waals surface area contributed by atoms with Crippen LogP contribution in [0.25, 0.3) is 5.57 Å². The average molecular weight is 571 g/mol. The monoisotopic (exact) mass is 570 g/mol. The van der Waals surface area contributed by atoms with Crippen molar-refractivity contribution in [1.29, 1.82) is 0 Å². The zero-order valence-corrected chi connectivity index (χ0v) is 21.3. The largest absolute Gasteiger partial charge is 0.508 e. The SMILES string of the molecule is O=C1C(c2ccc(O)cc2)=COC2CC(O[C@@H]3O[C@H](CO[C@@H]4OC[C@](O)(CO)[C@H]4O)[C@@H](O)[C@H](O)[C@H]3O)CC(O)C12. The molecule has 14 nitrogen and oxygen atoms in total. The zero-order chi connectivity index (χ0) is 28.8. The van der Waals surface area contributed by atoms with Crippen molar-refractivity contribution in [3.05, 3.63) is 36.1 Å². The lowest BCUT2D eigenvalue weighted by molar-refractivity contribution is -0.323. The number of carbonyl (C=O) groups excluding carboxylic acids is 1. The molecule has 0 amide bonds. The van der Waals surface area contributed by atoms with Crippen LogP contribution >= 0.6 is 0 Å². The first-order valence-electron chi connectivity index (χ1n) is 13.0. The Hall–Kier alpha value is -2.21. The zero-order valence-electron chi connectivity index (χ0n) is 21.3. The molecule has 1 saturated carbocycles. The molecule has 4 unspecified atom stereocenters. The molecule has 1 aromatic carbocycles. The van der Waals surface area contributed by atoms with Gasteiger partial charge >= 0.3 is 0 Å². The Labute approximate surface area is 228 Å². The minimum absolute atomic E-state index is 0.00658. The second kappa shape index (κ2) is 11.6. The number of aromatic hydroxyl groups is 1. The summed E-state index contributed by atoms with van der Waals surface area (Å²) >= 11 is 0. The molecule has 0 radical (unpaired) electrons. The van der Waals surface area contributed by atoms with Crippen molar-refractivity contribution in [2.75, 3.05) is 19.8 Å². The summed E-state index contributed by atoms with van der Waals surface area (Å²) in [4.78, 5) is 13.2. The van der Waals surface area contributed by atoms with Crippen molar-refractivity contribution in [2.24, 2.45) is 5.92 Å². The fourth-order valence-electron chi connectivity index (χ4n) is 5.49. The summed E-state index contributed by atoms with van der Waals surface area (Å²) < 4.78 is 27.9. The number of benzene rings is 1. The Bertz CT molecular complexity index is 1080. The van der Waals surface area contributed by atoms with Gasteiger partial charge in [0.15, 0.2) is 18.4 Å². The van der Waals surface area contributed by atoms with Crippen molar-refractivity contribution in [3.8, 4) is 5.75 Å². The maximum atomic E-state index is 13.2. The number of carbonyl (C=O) groups is 1. The van der Waals surface area contributed by atoms with Gasteiger partial charge in [0.25, 0.3) is 0 Å². The second-order valence-corrected chi connectivity index (χ2v) is 10.7. The van der Waals surface area contributed by atoms with E-state index in [0.29, 0.717) is 5.56 Å². The molecule has 14 heteroatoms. The van der Waals surface area contributed by atoms with E-state index in [0.717, 1.165) is 0 Å². The fraction of sp³-hybridized carbons (Fsp3) is 0.654. The van der Waals surface area contributed by atoms with E-state index in [9.17, 15) is 45.6 Å². The summed E-state index contributed by atoms with van der Waals surface area (Å²) in [6.45, 7) is -1.59. The summed E-state index contributed by atoms with van der Waals surface area (Å²) in [7, 11) is 0. The summed E-state index contributed by atoms with van der Waals surface area (Å²) in [5.41, 5.74) is -1.12. The molecular formula is C26H34O14. The smallest absolute Gasteiger partial charge is 0.186 e. The van der Waals surface area contributed by atoms with Gasteiger partial charge in [-0.3, -0.25) is 4.79 Å². The highest BCUT2D eigenvalue weighted by atomic mass is 16.7. The van der Waals surface area contributed by atoms with Crippen molar-refractivity contribution in [1.82, 2.24) is 0 Å². The predicted octanol–water partition coefficient (Wildman–Crippen LogP) is -2.88. The number of fused-ring (bicyclic) bond motifs is 1. The number of Topliss-reactive ketones (excluding diaryl/α,β-unsaturated/α-hetero) is 1. The first kappa shape index (κ1) is 29.3. The number of ether oxygens (including phenoxy) is 5. The van der Waals surface area contributed by atoms with Gasteiger partial charge in [-0.15, -0.1) is 0 Å². The van der Waals surface area contributed by atoms with E-state index in [1.165, 1.54) is 18.4 Å². The van der Waals surface area contributed by atoms with Gasteiger partial charge in [0.05, 0.1) is 49.8 Å².